The lowest BCUT2D eigenvalue weighted by Crippen LogP contribution is -2.26. The zero-order valence-corrected chi connectivity index (χ0v) is 14.0. The van der Waals surface area contributed by atoms with Crippen LogP contribution in [0.3, 0.4) is 0 Å². The van der Waals surface area contributed by atoms with Crippen LogP contribution in [0.5, 0.6) is 17.2 Å². The minimum Gasteiger partial charge on any atom is -0.493 e. The molecule has 0 fully saturated rings. The largest absolute Gasteiger partial charge is 0.493 e. The molecule has 2 aromatic carbocycles. The molecular weight excluding hydrogens is 330 g/mol. The molecule has 0 radical (unpaired) electrons. The Kier molecular flexibility index (Phi) is 3.62. The second-order valence-electron chi connectivity index (χ2n) is 5.82. The van der Waals surface area contributed by atoms with E-state index in [4.69, 9.17) is 14.2 Å². The van der Waals surface area contributed by atoms with Gasteiger partial charge in [-0.25, -0.2) is 8.42 Å². The third-order valence-electron chi connectivity index (χ3n) is 4.21. The summed E-state index contributed by atoms with van der Waals surface area (Å²) >= 11 is 0. The summed E-state index contributed by atoms with van der Waals surface area (Å²) in [5.74, 6) is 2.10. The average molecular weight is 347 g/mol. The standard InChI is InChI=1S/C17H17NO5S/c1-18(10-12-2-4-16-17(8-12)23-11-22-16)24(19,20)14-3-5-15-13(9-14)6-7-21-15/h2-5,8-9H,6-7,10-11H2,1H3. The van der Waals surface area contributed by atoms with Crippen molar-refractivity contribution in [1.29, 1.82) is 0 Å². The van der Waals surface area contributed by atoms with Crippen LogP contribution in [0.2, 0.25) is 0 Å². The molecule has 126 valence electrons. The van der Waals surface area contributed by atoms with Crippen LogP contribution < -0.4 is 14.2 Å². The highest BCUT2D eigenvalue weighted by atomic mass is 32.2. The van der Waals surface area contributed by atoms with Crippen LogP contribution in [0.25, 0.3) is 0 Å². The van der Waals surface area contributed by atoms with E-state index in [1.165, 1.54) is 4.31 Å². The van der Waals surface area contributed by atoms with Crippen molar-refractivity contribution in [2.45, 2.75) is 17.9 Å². The zero-order valence-electron chi connectivity index (χ0n) is 13.2. The monoisotopic (exact) mass is 347 g/mol. The fourth-order valence-electron chi connectivity index (χ4n) is 2.88. The molecule has 24 heavy (non-hydrogen) atoms. The molecule has 2 aromatic rings. The molecule has 4 rings (SSSR count). The summed E-state index contributed by atoms with van der Waals surface area (Å²) in [7, 11) is -1.99. The number of fused-ring (bicyclic) bond motifs is 2. The lowest BCUT2D eigenvalue weighted by atomic mass is 10.2. The molecule has 2 aliphatic rings. The Bertz CT molecular complexity index is 894. The van der Waals surface area contributed by atoms with Crippen molar-refractivity contribution in [2.75, 3.05) is 20.4 Å². The average Bonchev–Trinajstić information content (AvgIpc) is 3.22. The first-order valence-electron chi connectivity index (χ1n) is 7.65. The number of benzene rings is 2. The Labute approximate surface area is 140 Å². The first-order chi connectivity index (χ1) is 11.5. The Morgan fingerprint density at radius 2 is 1.79 bits per heavy atom. The first-order valence-corrected chi connectivity index (χ1v) is 9.09. The number of sulfonamides is 1. The summed E-state index contributed by atoms with van der Waals surface area (Å²) in [4.78, 5) is 0.287. The van der Waals surface area contributed by atoms with Gasteiger partial charge in [-0.15, -0.1) is 0 Å². The third kappa shape index (κ3) is 2.59. The van der Waals surface area contributed by atoms with Crippen molar-refractivity contribution < 1.29 is 22.6 Å². The molecule has 0 saturated carbocycles. The summed E-state index contributed by atoms with van der Waals surface area (Å²) in [6.07, 6.45) is 0.741. The van der Waals surface area contributed by atoms with E-state index in [-0.39, 0.29) is 18.2 Å². The Balaban J connectivity index is 1.57. The van der Waals surface area contributed by atoms with Crippen LogP contribution in [-0.4, -0.2) is 33.2 Å². The molecule has 0 amide bonds. The summed E-state index contributed by atoms with van der Waals surface area (Å²) in [5.41, 5.74) is 1.78. The van der Waals surface area contributed by atoms with Gasteiger partial charge in [-0.3, -0.25) is 0 Å². The van der Waals surface area contributed by atoms with Gasteiger partial charge in [0.25, 0.3) is 0 Å². The fraction of sp³-hybridized carbons (Fsp3) is 0.294. The summed E-state index contributed by atoms with van der Waals surface area (Å²) in [6, 6.07) is 10.5. The summed E-state index contributed by atoms with van der Waals surface area (Å²) in [6.45, 7) is 1.06. The first kappa shape index (κ1) is 15.3. The van der Waals surface area contributed by atoms with Crippen molar-refractivity contribution >= 4 is 10.0 Å². The predicted octanol–water partition coefficient (Wildman–Crippen LogP) is 2.17. The van der Waals surface area contributed by atoms with Gasteiger partial charge in [-0.2, -0.15) is 4.31 Å². The molecule has 2 heterocycles. The number of hydrogen-bond donors (Lipinski definition) is 0. The van der Waals surface area contributed by atoms with E-state index in [0.29, 0.717) is 18.1 Å². The topological polar surface area (TPSA) is 65.1 Å². The predicted molar refractivity (Wildman–Crippen MR) is 86.9 cm³/mol. The van der Waals surface area contributed by atoms with Gasteiger partial charge in [-0.05, 0) is 41.5 Å². The highest BCUT2D eigenvalue weighted by Gasteiger charge is 2.24. The molecule has 2 aliphatic heterocycles. The minimum atomic E-state index is -3.57. The molecule has 0 atom stereocenters. The van der Waals surface area contributed by atoms with E-state index in [9.17, 15) is 8.42 Å². The Morgan fingerprint density at radius 1 is 1.00 bits per heavy atom. The molecule has 0 aliphatic carbocycles. The van der Waals surface area contributed by atoms with E-state index in [0.717, 1.165) is 23.3 Å². The van der Waals surface area contributed by atoms with Crippen molar-refractivity contribution in [3.05, 3.63) is 47.5 Å². The molecule has 0 unspecified atom stereocenters. The molecule has 7 heteroatoms. The highest BCUT2D eigenvalue weighted by molar-refractivity contribution is 7.89. The van der Waals surface area contributed by atoms with Gasteiger partial charge < -0.3 is 14.2 Å². The number of hydrogen-bond acceptors (Lipinski definition) is 5. The van der Waals surface area contributed by atoms with Gasteiger partial charge in [0.05, 0.1) is 11.5 Å². The normalized spacial score (nSPS) is 15.4. The Morgan fingerprint density at radius 3 is 2.67 bits per heavy atom. The van der Waals surface area contributed by atoms with Gasteiger partial charge in [-0.1, -0.05) is 6.07 Å². The molecule has 0 saturated heterocycles. The summed E-state index contributed by atoms with van der Waals surface area (Å²) in [5, 5.41) is 0. The van der Waals surface area contributed by atoms with Gasteiger partial charge in [0, 0.05) is 20.0 Å². The SMILES string of the molecule is CN(Cc1ccc2c(c1)OCO2)S(=O)(=O)c1ccc2c(c1)CCO2. The van der Waals surface area contributed by atoms with Crippen LogP contribution in [0.15, 0.2) is 41.3 Å². The third-order valence-corrected chi connectivity index (χ3v) is 6.01. The lowest BCUT2D eigenvalue weighted by molar-refractivity contribution is 0.174. The van der Waals surface area contributed by atoms with Crippen molar-refractivity contribution in [3.63, 3.8) is 0 Å². The second-order valence-corrected chi connectivity index (χ2v) is 7.86. The lowest BCUT2D eigenvalue weighted by Gasteiger charge is -2.18. The van der Waals surface area contributed by atoms with E-state index in [1.54, 1.807) is 31.3 Å². The smallest absolute Gasteiger partial charge is 0.243 e. The molecule has 0 aromatic heterocycles. The van der Waals surface area contributed by atoms with Crippen LogP contribution in [-0.2, 0) is 23.0 Å². The molecule has 0 bridgehead atoms. The fourth-order valence-corrected chi connectivity index (χ4v) is 4.09. The quantitative estimate of drug-likeness (QED) is 0.848. The van der Waals surface area contributed by atoms with Crippen LogP contribution in [0, 0.1) is 0 Å². The molecular formula is C17H17NO5S. The maximum absolute atomic E-state index is 12.8. The van der Waals surface area contributed by atoms with Gasteiger partial charge in [0.2, 0.25) is 16.8 Å². The minimum absolute atomic E-state index is 0.199. The highest BCUT2D eigenvalue weighted by Crippen LogP contribution is 2.33. The van der Waals surface area contributed by atoms with Gasteiger partial charge in [0.15, 0.2) is 11.5 Å². The molecule has 0 spiro atoms. The maximum atomic E-state index is 12.8. The molecule has 0 N–H and O–H groups in total. The van der Waals surface area contributed by atoms with E-state index in [1.807, 2.05) is 12.1 Å². The van der Waals surface area contributed by atoms with Crippen molar-refractivity contribution in [3.8, 4) is 17.2 Å². The number of nitrogens with zero attached hydrogens (tertiary/aromatic N) is 1. The summed E-state index contributed by atoms with van der Waals surface area (Å²) < 4.78 is 43.0. The number of rotatable bonds is 4. The second kappa shape index (κ2) is 5.68. The van der Waals surface area contributed by atoms with E-state index >= 15 is 0 Å². The van der Waals surface area contributed by atoms with Crippen LogP contribution >= 0.6 is 0 Å². The van der Waals surface area contributed by atoms with Crippen LogP contribution in [0.4, 0.5) is 0 Å². The maximum Gasteiger partial charge on any atom is 0.243 e. The van der Waals surface area contributed by atoms with E-state index < -0.39 is 10.0 Å². The van der Waals surface area contributed by atoms with Gasteiger partial charge >= 0.3 is 0 Å². The van der Waals surface area contributed by atoms with Crippen LogP contribution in [0.1, 0.15) is 11.1 Å². The Hall–Kier alpha value is -2.25. The van der Waals surface area contributed by atoms with Crippen molar-refractivity contribution in [1.82, 2.24) is 4.31 Å². The van der Waals surface area contributed by atoms with Gasteiger partial charge in [0.1, 0.15) is 5.75 Å². The number of ether oxygens (including phenoxy) is 3. The van der Waals surface area contributed by atoms with Crippen molar-refractivity contribution in [2.24, 2.45) is 0 Å². The molecule has 6 nitrogen and oxygen atoms in total. The zero-order chi connectivity index (χ0) is 16.7. The van der Waals surface area contributed by atoms with E-state index in [2.05, 4.69) is 0 Å².